The van der Waals surface area contributed by atoms with Crippen LogP contribution in [0.2, 0.25) is 0 Å². The number of rotatable bonds is 9. The molecule has 0 fully saturated rings. The van der Waals surface area contributed by atoms with Gasteiger partial charge in [0.05, 0.1) is 32.3 Å². The van der Waals surface area contributed by atoms with Crippen LogP contribution in [0, 0.1) is 0 Å². The topological polar surface area (TPSA) is 94.2 Å². The Morgan fingerprint density at radius 1 is 1.03 bits per heavy atom. The van der Waals surface area contributed by atoms with Crippen LogP contribution < -0.4 is 23.8 Å². The van der Waals surface area contributed by atoms with E-state index in [-0.39, 0.29) is 12.6 Å². The van der Waals surface area contributed by atoms with Crippen molar-refractivity contribution in [3.05, 3.63) is 42.5 Å². The molecule has 0 aliphatic rings. The largest absolute Gasteiger partial charge is 0.493 e. The van der Waals surface area contributed by atoms with Crippen LogP contribution in [-0.2, 0) is 14.8 Å². The molecule has 158 valence electrons. The number of sulfonamides is 1. The van der Waals surface area contributed by atoms with Crippen LogP contribution in [0.4, 0.5) is 11.4 Å². The van der Waals surface area contributed by atoms with Crippen LogP contribution in [-0.4, -0.2) is 47.4 Å². The molecule has 8 nitrogen and oxygen atoms in total. The third-order valence-corrected chi connectivity index (χ3v) is 4.99. The van der Waals surface area contributed by atoms with E-state index in [2.05, 4.69) is 5.32 Å². The molecule has 0 spiro atoms. The monoisotopic (exact) mass is 422 g/mol. The highest BCUT2D eigenvalue weighted by Gasteiger charge is 2.21. The molecule has 1 N–H and O–H groups in total. The third-order valence-electron chi connectivity index (χ3n) is 3.85. The van der Waals surface area contributed by atoms with Crippen LogP contribution >= 0.6 is 0 Å². The van der Waals surface area contributed by atoms with Gasteiger partial charge in [0.2, 0.25) is 15.9 Å². The van der Waals surface area contributed by atoms with Crippen LogP contribution in [0.3, 0.4) is 0 Å². The molecular formula is C20H26N2O6S. The van der Waals surface area contributed by atoms with Crippen molar-refractivity contribution in [2.45, 2.75) is 20.0 Å². The van der Waals surface area contributed by atoms with Crippen LogP contribution in [0.15, 0.2) is 42.5 Å². The molecule has 9 heteroatoms. The summed E-state index contributed by atoms with van der Waals surface area (Å²) in [5.74, 6) is 1.09. The van der Waals surface area contributed by atoms with Crippen molar-refractivity contribution < 1.29 is 27.4 Å². The molecule has 29 heavy (non-hydrogen) atoms. The number of nitrogens with one attached hydrogen (secondary N) is 1. The maximum Gasteiger partial charge on any atom is 0.245 e. The Balaban J connectivity index is 2.17. The van der Waals surface area contributed by atoms with Crippen molar-refractivity contribution in [1.29, 1.82) is 0 Å². The molecule has 0 aromatic heterocycles. The lowest BCUT2D eigenvalue weighted by atomic mass is 10.2. The average molecular weight is 423 g/mol. The molecule has 0 unspecified atom stereocenters. The Hall–Kier alpha value is -2.94. The summed E-state index contributed by atoms with van der Waals surface area (Å²) >= 11 is 0. The van der Waals surface area contributed by atoms with E-state index in [1.165, 1.54) is 14.2 Å². The minimum Gasteiger partial charge on any atom is -0.493 e. The maximum atomic E-state index is 12.5. The molecule has 0 atom stereocenters. The summed E-state index contributed by atoms with van der Waals surface area (Å²) in [6.07, 6.45) is 1.05. The Labute approximate surface area is 171 Å². The highest BCUT2D eigenvalue weighted by Crippen LogP contribution is 2.30. The van der Waals surface area contributed by atoms with Gasteiger partial charge < -0.3 is 19.5 Å². The quantitative estimate of drug-likeness (QED) is 0.668. The Bertz CT molecular complexity index is 942. The minimum atomic E-state index is -3.68. The SMILES string of the molecule is COc1ccc(NC(=O)CN(c2ccc(OC(C)C)cc2)S(C)(=O)=O)cc1OC. The fourth-order valence-corrected chi connectivity index (χ4v) is 3.46. The number of methoxy groups -OCH3 is 2. The Morgan fingerprint density at radius 3 is 2.17 bits per heavy atom. The van der Waals surface area contributed by atoms with Gasteiger partial charge in [0.15, 0.2) is 11.5 Å². The number of anilines is 2. The first-order valence-corrected chi connectivity index (χ1v) is 10.7. The number of hydrogen-bond acceptors (Lipinski definition) is 6. The number of benzene rings is 2. The highest BCUT2D eigenvalue weighted by molar-refractivity contribution is 7.92. The van der Waals surface area contributed by atoms with Gasteiger partial charge >= 0.3 is 0 Å². The van der Waals surface area contributed by atoms with E-state index < -0.39 is 15.9 Å². The molecule has 0 heterocycles. The van der Waals surface area contributed by atoms with Crippen molar-refractivity contribution in [2.24, 2.45) is 0 Å². The molecule has 0 aliphatic carbocycles. The molecule has 0 saturated carbocycles. The van der Waals surface area contributed by atoms with Gasteiger partial charge in [-0.05, 0) is 50.2 Å². The maximum absolute atomic E-state index is 12.5. The second-order valence-corrected chi connectivity index (χ2v) is 8.45. The van der Waals surface area contributed by atoms with Crippen molar-refractivity contribution in [2.75, 3.05) is 36.6 Å². The van der Waals surface area contributed by atoms with E-state index in [1.807, 2.05) is 13.8 Å². The van der Waals surface area contributed by atoms with E-state index in [9.17, 15) is 13.2 Å². The lowest BCUT2D eigenvalue weighted by molar-refractivity contribution is -0.114. The van der Waals surface area contributed by atoms with Gasteiger partial charge in [-0.15, -0.1) is 0 Å². The van der Waals surface area contributed by atoms with E-state index in [0.717, 1.165) is 10.6 Å². The average Bonchev–Trinajstić information content (AvgIpc) is 2.65. The zero-order chi connectivity index (χ0) is 21.6. The summed E-state index contributed by atoms with van der Waals surface area (Å²) in [4.78, 5) is 12.5. The summed E-state index contributed by atoms with van der Waals surface area (Å²) in [5, 5.41) is 2.67. The minimum absolute atomic E-state index is 0.000809. The number of hydrogen-bond donors (Lipinski definition) is 1. The predicted octanol–water partition coefficient (Wildman–Crippen LogP) is 2.90. The predicted molar refractivity (Wildman–Crippen MR) is 113 cm³/mol. The summed E-state index contributed by atoms with van der Waals surface area (Å²) in [5.41, 5.74) is 0.827. The zero-order valence-corrected chi connectivity index (χ0v) is 17.9. The van der Waals surface area contributed by atoms with E-state index >= 15 is 0 Å². The van der Waals surface area contributed by atoms with Crippen LogP contribution in [0.25, 0.3) is 0 Å². The molecular weight excluding hydrogens is 396 g/mol. The molecule has 2 aromatic carbocycles. The van der Waals surface area contributed by atoms with E-state index in [0.29, 0.717) is 28.6 Å². The van der Waals surface area contributed by atoms with Crippen molar-refractivity contribution >= 4 is 27.3 Å². The Morgan fingerprint density at radius 2 is 1.66 bits per heavy atom. The Kier molecular flexibility index (Phi) is 7.33. The van der Waals surface area contributed by atoms with Gasteiger partial charge in [-0.3, -0.25) is 9.10 Å². The van der Waals surface area contributed by atoms with Gasteiger partial charge in [-0.25, -0.2) is 8.42 Å². The van der Waals surface area contributed by atoms with Crippen molar-refractivity contribution in [3.63, 3.8) is 0 Å². The van der Waals surface area contributed by atoms with Crippen LogP contribution in [0.1, 0.15) is 13.8 Å². The smallest absolute Gasteiger partial charge is 0.245 e. The third kappa shape index (κ3) is 6.28. The summed E-state index contributed by atoms with van der Waals surface area (Å²) in [6.45, 7) is 3.42. The second-order valence-electron chi connectivity index (χ2n) is 6.55. The molecule has 0 bridgehead atoms. The normalized spacial score (nSPS) is 11.1. The summed E-state index contributed by atoms with van der Waals surface area (Å²) in [7, 11) is -0.679. The van der Waals surface area contributed by atoms with Gasteiger partial charge in [-0.1, -0.05) is 0 Å². The van der Waals surface area contributed by atoms with Gasteiger partial charge in [0, 0.05) is 11.8 Å². The molecule has 0 radical (unpaired) electrons. The number of nitrogens with zero attached hydrogens (tertiary/aromatic N) is 1. The highest BCUT2D eigenvalue weighted by atomic mass is 32.2. The first-order valence-electron chi connectivity index (χ1n) is 8.90. The standard InChI is InChI=1S/C20H26N2O6S/c1-14(2)28-17-9-7-16(8-10-17)22(29(5,24)25)13-20(23)21-15-6-11-18(26-3)19(12-15)27-4/h6-12,14H,13H2,1-5H3,(H,21,23). The van der Waals surface area contributed by atoms with E-state index in [4.69, 9.17) is 14.2 Å². The van der Waals surface area contributed by atoms with Crippen molar-refractivity contribution in [3.8, 4) is 17.2 Å². The lowest BCUT2D eigenvalue weighted by Crippen LogP contribution is -2.37. The van der Waals surface area contributed by atoms with Gasteiger partial charge in [-0.2, -0.15) is 0 Å². The number of carbonyl (C=O) groups is 1. The summed E-state index contributed by atoms with van der Waals surface area (Å²) in [6, 6.07) is 11.4. The molecule has 0 saturated heterocycles. The molecule has 1 amide bonds. The first kappa shape index (κ1) is 22.4. The molecule has 2 aromatic rings. The van der Waals surface area contributed by atoms with Gasteiger partial charge in [0.1, 0.15) is 12.3 Å². The van der Waals surface area contributed by atoms with Crippen molar-refractivity contribution in [1.82, 2.24) is 0 Å². The van der Waals surface area contributed by atoms with E-state index in [1.54, 1.807) is 42.5 Å². The number of carbonyl (C=O) groups excluding carboxylic acids is 1. The van der Waals surface area contributed by atoms with Crippen LogP contribution in [0.5, 0.6) is 17.2 Å². The zero-order valence-electron chi connectivity index (χ0n) is 17.1. The fraction of sp³-hybridized carbons (Fsp3) is 0.350. The second kappa shape index (κ2) is 9.51. The summed E-state index contributed by atoms with van der Waals surface area (Å²) < 4.78 is 41.5. The molecule has 2 rings (SSSR count). The number of amides is 1. The fourth-order valence-electron chi connectivity index (χ4n) is 2.61. The lowest BCUT2D eigenvalue weighted by Gasteiger charge is -2.22. The molecule has 0 aliphatic heterocycles. The van der Waals surface area contributed by atoms with Gasteiger partial charge in [0.25, 0.3) is 0 Å². The first-order chi connectivity index (χ1) is 13.6. The number of ether oxygens (including phenoxy) is 3.